The number of hydrogen-bond donors (Lipinski definition) is 2. The maximum Gasteiger partial charge on any atom is 0.173 e. The lowest BCUT2D eigenvalue weighted by Gasteiger charge is -2.10. The highest BCUT2D eigenvalue weighted by atomic mass is 35.5. The van der Waals surface area contributed by atoms with E-state index in [1.54, 1.807) is 6.92 Å². The third-order valence-corrected chi connectivity index (χ3v) is 2.61. The molecule has 0 amide bonds. The van der Waals surface area contributed by atoms with E-state index in [0.29, 0.717) is 23.3 Å². The molecule has 0 fully saturated rings. The van der Waals surface area contributed by atoms with Crippen LogP contribution in [-0.4, -0.2) is 23.9 Å². The monoisotopic (exact) mass is 256 g/mol. The zero-order chi connectivity index (χ0) is 13.0. The van der Waals surface area contributed by atoms with E-state index < -0.39 is 0 Å². The number of benzene rings is 1. The Hall–Kier alpha value is -1.75. The number of carbonyl (C=O) groups excluding carboxylic acids is 1. The van der Waals surface area contributed by atoms with Crippen molar-refractivity contribution in [3.8, 4) is 5.75 Å². The summed E-state index contributed by atoms with van der Waals surface area (Å²) in [5, 5.41) is 11.7. The highest BCUT2D eigenvalue weighted by Gasteiger charge is 2.16. The Morgan fingerprint density at radius 3 is 2.65 bits per heavy atom. The predicted octanol–water partition coefficient (Wildman–Crippen LogP) is 2.04. The molecule has 0 aliphatic rings. The zero-order valence-corrected chi connectivity index (χ0v) is 10.3. The number of ether oxygens (including phenoxy) is 1. The number of nitrogens with zero attached hydrogens (tertiary/aromatic N) is 1. The normalized spacial score (nSPS) is 11.4. The number of rotatable bonds is 4. The van der Waals surface area contributed by atoms with Gasteiger partial charge in [-0.25, -0.2) is 0 Å². The van der Waals surface area contributed by atoms with Crippen LogP contribution in [0, 0.1) is 0 Å². The van der Waals surface area contributed by atoms with Crippen LogP contribution in [0.3, 0.4) is 0 Å². The lowest BCUT2D eigenvalue weighted by molar-refractivity contribution is 0.0988. The van der Waals surface area contributed by atoms with Gasteiger partial charge in [0.05, 0.1) is 17.7 Å². The summed E-state index contributed by atoms with van der Waals surface area (Å²) in [6, 6.07) is 2.93. The van der Waals surface area contributed by atoms with E-state index in [4.69, 9.17) is 27.3 Å². The van der Waals surface area contributed by atoms with Crippen LogP contribution in [0.1, 0.15) is 29.3 Å². The molecule has 0 unspecified atom stereocenters. The van der Waals surface area contributed by atoms with Crippen LogP contribution >= 0.6 is 11.6 Å². The molecule has 0 saturated heterocycles. The Morgan fingerprint density at radius 1 is 1.53 bits per heavy atom. The molecule has 0 aromatic heterocycles. The number of ketones is 1. The Balaban J connectivity index is 3.39. The number of halogens is 1. The molecular weight excluding hydrogens is 244 g/mol. The van der Waals surface area contributed by atoms with Gasteiger partial charge in [0.15, 0.2) is 11.6 Å². The van der Waals surface area contributed by atoms with Crippen molar-refractivity contribution in [1.29, 1.82) is 0 Å². The Labute approximate surface area is 104 Å². The highest BCUT2D eigenvalue weighted by molar-refractivity contribution is 6.34. The predicted molar refractivity (Wildman–Crippen MR) is 65.1 cm³/mol. The minimum Gasteiger partial charge on any atom is -0.496 e. The van der Waals surface area contributed by atoms with E-state index in [1.807, 2.05) is 0 Å². The summed E-state index contributed by atoms with van der Waals surface area (Å²) in [7, 11) is 1.43. The van der Waals surface area contributed by atoms with Crippen molar-refractivity contribution >= 4 is 23.2 Å². The number of methoxy groups -OCH3 is 1. The quantitative estimate of drug-likeness (QED) is 0.284. The molecule has 0 heterocycles. The summed E-state index contributed by atoms with van der Waals surface area (Å²) >= 11 is 5.96. The fraction of sp³-hybridized carbons (Fsp3) is 0.273. The summed E-state index contributed by atoms with van der Waals surface area (Å²) in [5.41, 5.74) is 6.18. The van der Waals surface area contributed by atoms with Crippen LogP contribution in [0.15, 0.2) is 17.3 Å². The summed E-state index contributed by atoms with van der Waals surface area (Å²) in [5.74, 6) is 0.111. The number of amidine groups is 1. The van der Waals surface area contributed by atoms with Crippen molar-refractivity contribution in [3.63, 3.8) is 0 Å². The van der Waals surface area contributed by atoms with Gasteiger partial charge in [0.25, 0.3) is 0 Å². The fourth-order valence-corrected chi connectivity index (χ4v) is 1.65. The summed E-state index contributed by atoms with van der Waals surface area (Å²) in [6.07, 6.45) is 0.339. The minimum absolute atomic E-state index is 0.0978. The fourth-order valence-electron chi connectivity index (χ4n) is 1.38. The standard InChI is InChI=1S/C11H13ClN2O3/c1-3-9(15)6-5-10(17-2)7(4-8(6)12)11(13)14-16/h4-5,16H,3H2,1-2H3,(H2,13,14). The first-order valence-electron chi connectivity index (χ1n) is 4.93. The second-order valence-corrected chi connectivity index (χ2v) is 3.70. The van der Waals surface area contributed by atoms with Crippen molar-refractivity contribution in [2.45, 2.75) is 13.3 Å². The largest absolute Gasteiger partial charge is 0.496 e. The van der Waals surface area contributed by atoms with Gasteiger partial charge in [-0.15, -0.1) is 0 Å². The Bertz CT molecular complexity index is 472. The molecule has 0 aliphatic carbocycles. The van der Waals surface area contributed by atoms with E-state index in [2.05, 4.69) is 5.16 Å². The van der Waals surface area contributed by atoms with Gasteiger partial charge < -0.3 is 15.7 Å². The van der Waals surface area contributed by atoms with Crippen LogP contribution in [-0.2, 0) is 0 Å². The molecule has 0 bridgehead atoms. The minimum atomic E-state index is -0.126. The van der Waals surface area contributed by atoms with E-state index >= 15 is 0 Å². The molecule has 1 aromatic rings. The lowest BCUT2D eigenvalue weighted by atomic mass is 10.0. The van der Waals surface area contributed by atoms with Gasteiger partial charge in [0, 0.05) is 12.0 Å². The molecule has 0 spiro atoms. The number of nitrogens with two attached hydrogens (primary N) is 1. The van der Waals surface area contributed by atoms with E-state index in [0.717, 1.165) is 0 Å². The lowest BCUT2D eigenvalue weighted by Crippen LogP contribution is -2.15. The van der Waals surface area contributed by atoms with E-state index in [1.165, 1.54) is 19.2 Å². The van der Waals surface area contributed by atoms with Crippen LogP contribution < -0.4 is 10.5 Å². The van der Waals surface area contributed by atoms with Crippen molar-refractivity contribution in [2.24, 2.45) is 10.9 Å². The van der Waals surface area contributed by atoms with Gasteiger partial charge in [0.1, 0.15) is 5.75 Å². The second kappa shape index (κ2) is 5.54. The molecule has 0 aliphatic heterocycles. The van der Waals surface area contributed by atoms with Gasteiger partial charge in [-0.1, -0.05) is 23.7 Å². The van der Waals surface area contributed by atoms with Gasteiger partial charge in [-0.05, 0) is 12.1 Å². The van der Waals surface area contributed by atoms with Crippen molar-refractivity contribution in [2.75, 3.05) is 7.11 Å². The summed E-state index contributed by atoms with van der Waals surface area (Å²) in [4.78, 5) is 11.6. The maximum atomic E-state index is 11.6. The third kappa shape index (κ3) is 2.68. The van der Waals surface area contributed by atoms with Crippen molar-refractivity contribution in [1.82, 2.24) is 0 Å². The van der Waals surface area contributed by atoms with E-state index in [-0.39, 0.29) is 16.6 Å². The van der Waals surface area contributed by atoms with Crippen molar-refractivity contribution < 1.29 is 14.7 Å². The topological polar surface area (TPSA) is 84.9 Å². The molecular formula is C11H13ClN2O3. The first-order valence-corrected chi connectivity index (χ1v) is 5.31. The molecule has 0 saturated carbocycles. The van der Waals surface area contributed by atoms with Crippen LogP contribution in [0.4, 0.5) is 0 Å². The molecule has 92 valence electrons. The van der Waals surface area contributed by atoms with Crippen LogP contribution in [0.5, 0.6) is 5.75 Å². The third-order valence-electron chi connectivity index (χ3n) is 2.29. The smallest absolute Gasteiger partial charge is 0.173 e. The van der Waals surface area contributed by atoms with Crippen LogP contribution in [0.2, 0.25) is 5.02 Å². The molecule has 1 aromatic carbocycles. The summed E-state index contributed by atoms with van der Waals surface area (Å²) in [6.45, 7) is 1.74. The summed E-state index contributed by atoms with van der Waals surface area (Å²) < 4.78 is 5.08. The molecule has 3 N–H and O–H groups in total. The average Bonchev–Trinajstić information content (AvgIpc) is 2.36. The number of Topliss-reactive ketones (excluding diaryl/α,β-unsaturated/α-hetero) is 1. The van der Waals surface area contributed by atoms with Crippen molar-refractivity contribution in [3.05, 3.63) is 28.3 Å². The van der Waals surface area contributed by atoms with Gasteiger partial charge in [0.2, 0.25) is 0 Å². The second-order valence-electron chi connectivity index (χ2n) is 3.29. The number of hydrogen-bond acceptors (Lipinski definition) is 4. The molecule has 17 heavy (non-hydrogen) atoms. The average molecular weight is 257 g/mol. The number of carbonyl (C=O) groups is 1. The van der Waals surface area contributed by atoms with Gasteiger partial charge in [-0.3, -0.25) is 4.79 Å². The van der Waals surface area contributed by atoms with Crippen LogP contribution in [0.25, 0.3) is 0 Å². The molecule has 0 radical (unpaired) electrons. The molecule has 1 rings (SSSR count). The Morgan fingerprint density at radius 2 is 2.18 bits per heavy atom. The van der Waals surface area contributed by atoms with Gasteiger partial charge >= 0.3 is 0 Å². The molecule has 6 heteroatoms. The molecule has 0 atom stereocenters. The maximum absolute atomic E-state index is 11.6. The van der Waals surface area contributed by atoms with E-state index in [9.17, 15) is 4.79 Å². The molecule has 5 nitrogen and oxygen atoms in total. The first kappa shape index (κ1) is 13.3. The zero-order valence-electron chi connectivity index (χ0n) is 9.53. The Kier molecular flexibility index (Phi) is 4.34. The van der Waals surface area contributed by atoms with Gasteiger partial charge in [-0.2, -0.15) is 0 Å². The number of oxime groups is 1. The first-order chi connectivity index (χ1) is 8.04. The highest BCUT2D eigenvalue weighted by Crippen LogP contribution is 2.27. The SMILES string of the molecule is CCC(=O)c1cc(OC)c(/C(N)=N/O)cc1Cl.